The molecule has 4 N–H and O–H groups in total. The van der Waals surface area contributed by atoms with Crippen molar-refractivity contribution in [2.75, 3.05) is 25.0 Å². The predicted molar refractivity (Wildman–Crippen MR) is 163 cm³/mol. The van der Waals surface area contributed by atoms with Crippen LogP contribution in [0.2, 0.25) is 0 Å². The first-order valence-corrected chi connectivity index (χ1v) is 14.5. The number of benzene rings is 2. The third kappa shape index (κ3) is 7.16. The second kappa shape index (κ2) is 12.8. The van der Waals surface area contributed by atoms with Crippen molar-refractivity contribution in [1.82, 2.24) is 14.8 Å². The van der Waals surface area contributed by atoms with Crippen LogP contribution in [0.15, 0.2) is 79.1 Å². The van der Waals surface area contributed by atoms with E-state index in [9.17, 15) is 14.4 Å². The molecular weight excluding hydrogens is 530 g/mol. The highest BCUT2D eigenvalue weighted by Gasteiger charge is 2.56. The number of anilines is 1. The van der Waals surface area contributed by atoms with Gasteiger partial charge in [0.1, 0.15) is 0 Å². The van der Waals surface area contributed by atoms with Crippen molar-refractivity contribution in [3.8, 4) is 0 Å². The SMILES string of the molecule is CC(C)(N)C(=O)NC1[C@H](COCc2ccccc2)[C@H]1C(=O)Nc1ccn(C=C(C(=O)N2CCCC2)c2ccccc2)c1. The number of rotatable bonds is 11. The van der Waals surface area contributed by atoms with Gasteiger partial charge in [0.25, 0.3) is 5.91 Å². The minimum absolute atomic E-state index is 0.00396. The van der Waals surface area contributed by atoms with Gasteiger partial charge in [0.15, 0.2) is 0 Å². The van der Waals surface area contributed by atoms with Crippen molar-refractivity contribution in [2.45, 2.75) is 44.9 Å². The number of hydrogen-bond donors (Lipinski definition) is 3. The van der Waals surface area contributed by atoms with E-state index in [1.807, 2.05) is 65.6 Å². The maximum Gasteiger partial charge on any atom is 0.255 e. The lowest BCUT2D eigenvalue weighted by Crippen LogP contribution is -2.50. The zero-order valence-electron chi connectivity index (χ0n) is 24.2. The van der Waals surface area contributed by atoms with E-state index in [1.54, 1.807) is 43.1 Å². The summed E-state index contributed by atoms with van der Waals surface area (Å²) < 4.78 is 7.70. The molecule has 3 atom stereocenters. The molecule has 2 fully saturated rings. The smallest absolute Gasteiger partial charge is 0.255 e. The maximum atomic E-state index is 13.4. The Morgan fingerprint density at radius 2 is 1.67 bits per heavy atom. The quantitative estimate of drug-likeness (QED) is 0.304. The average molecular weight is 570 g/mol. The lowest BCUT2D eigenvalue weighted by molar-refractivity contribution is -0.125. The van der Waals surface area contributed by atoms with Crippen LogP contribution in [-0.2, 0) is 25.7 Å². The number of aromatic nitrogens is 1. The molecule has 3 amide bonds. The van der Waals surface area contributed by atoms with E-state index in [0.717, 1.165) is 37.1 Å². The Morgan fingerprint density at radius 3 is 2.33 bits per heavy atom. The maximum absolute atomic E-state index is 13.4. The fraction of sp³-hybridized carbons (Fsp3) is 0.364. The van der Waals surface area contributed by atoms with E-state index < -0.39 is 11.5 Å². The minimum Gasteiger partial charge on any atom is -0.376 e. The molecule has 1 saturated carbocycles. The summed E-state index contributed by atoms with van der Waals surface area (Å²) in [4.78, 5) is 41.2. The molecule has 9 heteroatoms. The number of nitrogens with one attached hydrogen (secondary N) is 2. The van der Waals surface area contributed by atoms with Crippen molar-refractivity contribution in [2.24, 2.45) is 17.6 Å². The Kier molecular flexibility index (Phi) is 8.89. The average Bonchev–Trinajstić information content (AvgIpc) is 3.31. The fourth-order valence-electron chi connectivity index (χ4n) is 5.26. The van der Waals surface area contributed by atoms with Crippen molar-refractivity contribution in [3.05, 3.63) is 90.3 Å². The van der Waals surface area contributed by atoms with E-state index in [1.165, 1.54) is 0 Å². The number of ether oxygens (including phenoxy) is 1. The third-order valence-corrected chi connectivity index (χ3v) is 7.74. The molecule has 2 aromatic carbocycles. The monoisotopic (exact) mass is 569 g/mol. The molecule has 1 aromatic heterocycles. The first kappa shape index (κ1) is 29.3. The highest BCUT2D eigenvalue weighted by Crippen LogP contribution is 2.41. The van der Waals surface area contributed by atoms with Gasteiger partial charge in [-0.25, -0.2) is 0 Å². The minimum atomic E-state index is -1.06. The van der Waals surface area contributed by atoms with Crippen LogP contribution in [0.3, 0.4) is 0 Å². The first-order valence-electron chi connectivity index (χ1n) is 14.5. The standard InChI is InChI=1S/C33H39N5O4/c1-33(2,34)32(41)36-29-27(22-42-21-23-11-5-3-6-12-23)28(29)30(39)35-25-15-18-37(19-25)20-26(24-13-7-4-8-14-24)31(40)38-16-9-10-17-38/h3-8,11-15,18-20,27-29H,9-10,16-17,21-22,34H2,1-2H3,(H,35,39)(H,36,41)/t27-,28-,29?/m1/s1. The van der Waals surface area contributed by atoms with Gasteiger partial charge in [0.2, 0.25) is 11.8 Å². The summed E-state index contributed by atoms with van der Waals surface area (Å²) >= 11 is 0. The molecule has 42 heavy (non-hydrogen) atoms. The van der Waals surface area contributed by atoms with Gasteiger partial charge >= 0.3 is 0 Å². The first-order chi connectivity index (χ1) is 20.2. The lowest BCUT2D eigenvalue weighted by atomic mass is 10.1. The summed E-state index contributed by atoms with van der Waals surface area (Å²) in [6.07, 6.45) is 7.40. The molecule has 2 heterocycles. The Hall–Kier alpha value is -4.21. The molecular formula is C33H39N5O4. The molecule has 0 radical (unpaired) electrons. The van der Waals surface area contributed by atoms with Crippen molar-refractivity contribution < 1.29 is 19.1 Å². The second-order valence-electron chi connectivity index (χ2n) is 11.7. The van der Waals surface area contributed by atoms with Crippen LogP contribution in [0.5, 0.6) is 0 Å². The van der Waals surface area contributed by atoms with Crippen molar-refractivity contribution >= 4 is 35.2 Å². The van der Waals surface area contributed by atoms with E-state index in [2.05, 4.69) is 10.6 Å². The number of likely N-dealkylation sites (tertiary alicyclic amines) is 1. The van der Waals surface area contributed by atoms with Crippen molar-refractivity contribution in [1.29, 1.82) is 0 Å². The van der Waals surface area contributed by atoms with Crippen LogP contribution in [0.1, 0.15) is 37.8 Å². The van der Waals surface area contributed by atoms with Gasteiger partial charge in [-0.2, -0.15) is 0 Å². The van der Waals surface area contributed by atoms with E-state index >= 15 is 0 Å². The number of carbonyl (C=O) groups excluding carboxylic acids is 3. The van der Waals surface area contributed by atoms with Gasteiger partial charge < -0.3 is 30.6 Å². The molecule has 2 aliphatic rings. The molecule has 0 bridgehead atoms. The predicted octanol–water partition coefficient (Wildman–Crippen LogP) is 3.73. The molecule has 1 aliphatic carbocycles. The topological polar surface area (TPSA) is 119 Å². The fourth-order valence-corrected chi connectivity index (χ4v) is 5.26. The number of hydrogen-bond acceptors (Lipinski definition) is 5. The summed E-state index contributed by atoms with van der Waals surface area (Å²) in [6, 6.07) is 20.8. The van der Waals surface area contributed by atoms with Crippen LogP contribution in [-0.4, -0.2) is 58.5 Å². The number of nitrogens with two attached hydrogens (primary N) is 1. The molecule has 1 saturated heterocycles. The van der Waals surface area contributed by atoms with Crippen LogP contribution >= 0.6 is 0 Å². The van der Waals surface area contributed by atoms with Crippen LogP contribution in [0.4, 0.5) is 5.69 Å². The summed E-state index contributed by atoms with van der Waals surface area (Å²) in [7, 11) is 0. The Morgan fingerprint density at radius 1 is 1.00 bits per heavy atom. The van der Waals surface area contributed by atoms with Gasteiger partial charge in [0.05, 0.1) is 35.9 Å². The normalized spacial score (nSPS) is 20.3. The van der Waals surface area contributed by atoms with E-state index in [-0.39, 0.29) is 29.7 Å². The van der Waals surface area contributed by atoms with E-state index in [4.69, 9.17) is 10.5 Å². The molecule has 0 spiro atoms. The van der Waals surface area contributed by atoms with Gasteiger partial charge in [0, 0.05) is 43.6 Å². The molecule has 1 unspecified atom stereocenters. The second-order valence-corrected chi connectivity index (χ2v) is 11.7. The summed E-state index contributed by atoms with van der Waals surface area (Å²) in [6.45, 7) is 5.53. The lowest BCUT2D eigenvalue weighted by Gasteiger charge is -2.18. The Balaban J connectivity index is 1.27. The third-order valence-electron chi connectivity index (χ3n) is 7.74. The number of carbonyl (C=O) groups is 3. The highest BCUT2D eigenvalue weighted by molar-refractivity contribution is 6.23. The number of amides is 3. The molecule has 220 valence electrons. The van der Waals surface area contributed by atoms with Gasteiger partial charge in [-0.15, -0.1) is 0 Å². The molecule has 9 nitrogen and oxygen atoms in total. The largest absolute Gasteiger partial charge is 0.376 e. The summed E-state index contributed by atoms with van der Waals surface area (Å²) in [5, 5.41) is 5.92. The molecule has 3 aromatic rings. The van der Waals surface area contributed by atoms with Gasteiger partial charge in [-0.1, -0.05) is 60.7 Å². The van der Waals surface area contributed by atoms with Crippen molar-refractivity contribution in [3.63, 3.8) is 0 Å². The summed E-state index contributed by atoms with van der Waals surface area (Å²) in [5.41, 5.74) is 7.99. The van der Waals surface area contributed by atoms with Gasteiger partial charge in [-0.3, -0.25) is 14.4 Å². The zero-order chi connectivity index (χ0) is 29.7. The zero-order valence-corrected chi connectivity index (χ0v) is 24.2. The van der Waals surface area contributed by atoms with Crippen LogP contribution < -0.4 is 16.4 Å². The Bertz CT molecular complexity index is 1420. The molecule has 5 rings (SSSR count). The Labute approximate surface area is 246 Å². The molecule has 1 aliphatic heterocycles. The number of nitrogens with zero attached hydrogens (tertiary/aromatic N) is 2. The van der Waals surface area contributed by atoms with Gasteiger partial charge in [-0.05, 0) is 43.9 Å². The van der Waals surface area contributed by atoms with Crippen LogP contribution in [0.25, 0.3) is 11.8 Å². The van der Waals surface area contributed by atoms with Crippen LogP contribution in [0, 0.1) is 11.8 Å². The summed E-state index contributed by atoms with van der Waals surface area (Å²) in [5.74, 6) is -1.16. The van der Waals surface area contributed by atoms with E-state index in [0.29, 0.717) is 24.5 Å². The highest BCUT2D eigenvalue weighted by atomic mass is 16.5.